The third-order valence-electron chi connectivity index (χ3n) is 2.79. The van der Waals surface area contributed by atoms with Gasteiger partial charge in [0.05, 0.1) is 19.0 Å². The van der Waals surface area contributed by atoms with Gasteiger partial charge < -0.3 is 14.8 Å². The zero-order valence-corrected chi connectivity index (χ0v) is 15.0. The summed E-state index contributed by atoms with van der Waals surface area (Å²) in [6, 6.07) is 8.66. The van der Waals surface area contributed by atoms with Crippen molar-refractivity contribution in [3.8, 4) is 11.5 Å². The molecule has 2 rings (SSSR count). The lowest BCUT2D eigenvalue weighted by Gasteiger charge is -2.13. The molecule has 0 atom stereocenters. The van der Waals surface area contributed by atoms with E-state index in [1.54, 1.807) is 30.3 Å². The van der Waals surface area contributed by atoms with Gasteiger partial charge in [-0.25, -0.2) is 0 Å². The maximum absolute atomic E-state index is 12.1. The van der Waals surface area contributed by atoms with Crippen molar-refractivity contribution in [3.63, 3.8) is 0 Å². The highest BCUT2D eigenvalue weighted by Crippen LogP contribution is 2.30. The molecule has 0 saturated heterocycles. The van der Waals surface area contributed by atoms with Crippen LogP contribution in [0.15, 0.2) is 35.4 Å². The number of rotatable bonds is 8. The maximum Gasteiger partial charge on any atom is 0.234 e. The molecule has 0 aliphatic rings. The average Bonchev–Trinajstić information content (AvgIpc) is 2.57. The fourth-order valence-electron chi connectivity index (χ4n) is 1.85. The molecule has 2 aromatic rings. The zero-order valence-electron chi connectivity index (χ0n) is 13.4. The van der Waals surface area contributed by atoms with Gasteiger partial charge in [-0.3, -0.25) is 4.79 Å². The second-order valence-electron chi connectivity index (χ2n) is 4.56. The Hall–Kier alpha value is -1.99. The van der Waals surface area contributed by atoms with Crippen LogP contribution in [0.5, 0.6) is 11.5 Å². The Balaban J connectivity index is 1.95. The van der Waals surface area contributed by atoms with E-state index in [0.29, 0.717) is 40.6 Å². The van der Waals surface area contributed by atoms with Gasteiger partial charge in [-0.15, -0.1) is 10.2 Å². The second-order valence-corrected chi connectivity index (χ2v) is 5.94. The van der Waals surface area contributed by atoms with Crippen LogP contribution < -0.4 is 14.8 Å². The van der Waals surface area contributed by atoms with Gasteiger partial charge in [0.2, 0.25) is 5.91 Å². The van der Waals surface area contributed by atoms with Gasteiger partial charge in [0.15, 0.2) is 16.7 Å². The predicted octanol–water partition coefficient (Wildman–Crippen LogP) is 3.66. The standard InChI is InChI=1S/C16H18ClN3O3S/c1-3-22-12-6-5-11(9-13(12)23-4-2)18-15(21)10-24-16-8-7-14(17)19-20-16/h5-9H,3-4,10H2,1-2H3,(H,18,21). The molecule has 0 spiro atoms. The molecule has 0 radical (unpaired) electrons. The Kier molecular flexibility index (Phi) is 7.14. The van der Waals surface area contributed by atoms with Crippen LogP contribution in [-0.4, -0.2) is 35.1 Å². The first-order chi connectivity index (χ1) is 11.6. The molecule has 0 saturated carbocycles. The summed E-state index contributed by atoms with van der Waals surface area (Å²) >= 11 is 6.96. The third kappa shape index (κ3) is 5.58. The number of carbonyl (C=O) groups excluding carboxylic acids is 1. The van der Waals surface area contributed by atoms with Gasteiger partial charge >= 0.3 is 0 Å². The van der Waals surface area contributed by atoms with Crippen LogP contribution in [0.1, 0.15) is 13.8 Å². The maximum atomic E-state index is 12.1. The number of anilines is 1. The molecule has 8 heteroatoms. The summed E-state index contributed by atoms with van der Waals surface area (Å²) in [6.45, 7) is 4.86. The Morgan fingerprint density at radius 1 is 1.12 bits per heavy atom. The van der Waals surface area contributed by atoms with Crippen molar-refractivity contribution in [1.82, 2.24) is 10.2 Å². The predicted molar refractivity (Wildman–Crippen MR) is 95.2 cm³/mol. The van der Waals surface area contributed by atoms with E-state index >= 15 is 0 Å². The van der Waals surface area contributed by atoms with Crippen LogP contribution in [0, 0.1) is 0 Å². The highest BCUT2D eigenvalue weighted by Gasteiger charge is 2.09. The molecule has 1 aromatic heterocycles. The van der Waals surface area contributed by atoms with Crippen LogP contribution in [0.3, 0.4) is 0 Å². The van der Waals surface area contributed by atoms with Crippen molar-refractivity contribution in [1.29, 1.82) is 0 Å². The van der Waals surface area contributed by atoms with Crippen LogP contribution >= 0.6 is 23.4 Å². The number of hydrogen-bond donors (Lipinski definition) is 1. The number of nitrogens with one attached hydrogen (secondary N) is 1. The number of nitrogens with zero attached hydrogens (tertiary/aromatic N) is 2. The molecule has 0 bridgehead atoms. The number of aromatic nitrogens is 2. The highest BCUT2D eigenvalue weighted by molar-refractivity contribution is 7.99. The molecule has 1 heterocycles. The average molecular weight is 368 g/mol. The Morgan fingerprint density at radius 3 is 2.54 bits per heavy atom. The molecule has 24 heavy (non-hydrogen) atoms. The number of amides is 1. The molecule has 0 unspecified atom stereocenters. The number of hydrogen-bond acceptors (Lipinski definition) is 6. The van der Waals surface area contributed by atoms with E-state index in [1.165, 1.54) is 11.8 Å². The van der Waals surface area contributed by atoms with E-state index in [0.717, 1.165) is 0 Å². The van der Waals surface area contributed by atoms with Crippen molar-refractivity contribution in [2.45, 2.75) is 18.9 Å². The molecule has 0 aliphatic carbocycles. The molecule has 0 aliphatic heterocycles. The van der Waals surface area contributed by atoms with Crippen LogP contribution in [0.4, 0.5) is 5.69 Å². The van der Waals surface area contributed by atoms with E-state index < -0.39 is 0 Å². The molecule has 1 amide bonds. The number of benzene rings is 1. The summed E-state index contributed by atoms with van der Waals surface area (Å²) in [5.74, 6) is 1.33. The minimum Gasteiger partial charge on any atom is -0.490 e. The summed E-state index contributed by atoms with van der Waals surface area (Å²) in [4.78, 5) is 12.1. The lowest BCUT2D eigenvalue weighted by molar-refractivity contribution is -0.113. The quantitative estimate of drug-likeness (QED) is 0.718. The molecule has 6 nitrogen and oxygen atoms in total. The molecular weight excluding hydrogens is 350 g/mol. The fourth-order valence-corrected chi connectivity index (χ4v) is 2.56. The lowest BCUT2D eigenvalue weighted by atomic mass is 10.2. The summed E-state index contributed by atoms with van der Waals surface area (Å²) in [5, 5.41) is 11.4. The fraction of sp³-hybridized carbons (Fsp3) is 0.312. The van der Waals surface area contributed by atoms with Gasteiger partial charge in [-0.1, -0.05) is 23.4 Å². The highest BCUT2D eigenvalue weighted by atomic mass is 35.5. The van der Waals surface area contributed by atoms with Gasteiger partial charge in [0, 0.05) is 11.8 Å². The van der Waals surface area contributed by atoms with E-state index in [4.69, 9.17) is 21.1 Å². The zero-order chi connectivity index (χ0) is 17.4. The van der Waals surface area contributed by atoms with Crippen LogP contribution in [0.2, 0.25) is 5.15 Å². The minimum atomic E-state index is -0.150. The number of thioether (sulfide) groups is 1. The van der Waals surface area contributed by atoms with Crippen molar-refractivity contribution in [3.05, 3.63) is 35.5 Å². The molecule has 0 fully saturated rings. The smallest absolute Gasteiger partial charge is 0.234 e. The summed E-state index contributed by atoms with van der Waals surface area (Å²) in [6.07, 6.45) is 0. The van der Waals surface area contributed by atoms with Crippen molar-refractivity contribution >= 4 is 35.0 Å². The van der Waals surface area contributed by atoms with Gasteiger partial charge in [0.1, 0.15) is 5.03 Å². The number of halogens is 1. The second kappa shape index (κ2) is 9.34. The van der Waals surface area contributed by atoms with Gasteiger partial charge in [-0.05, 0) is 38.1 Å². The first-order valence-electron chi connectivity index (χ1n) is 7.44. The first-order valence-corrected chi connectivity index (χ1v) is 8.80. The van der Waals surface area contributed by atoms with E-state index in [-0.39, 0.29) is 11.7 Å². The van der Waals surface area contributed by atoms with E-state index in [9.17, 15) is 4.79 Å². The summed E-state index contributed by atoms with van der Waals surface area (Å²) in [5.41, 5.74) is 0.648. The van der Waals surface area contributed by atoms with Crippen LogP contribution in [-0.2, 0) is 4.79 Å². The molecule has 1 N–H and O–H groups in total. The minimum absolute atomic E-state index is 0.150. The van der Waals surface area contributed by atoms with Gasteiger partial charge in [-0.2, -0.15) is 0 Å². The van der Waals surface area contributed by atoms with Crippen molar-refractivity contribution in [2.24, 2.45) is 0 Å². The van der Waals surface area contributed by atoms with Crippen LogP contribution in [0.25, 0.3) is 0 Å². The monoisotopic (exact) mass is 367 g/mol. The largest absolute Gasteiger partial charge is 0.490 e. The summed E-state index contributed by atoms with van der Waals surface area (Å²) in [7, 11) is 0. The Labute approximate surface area is 149 Å². The summed E-state index contributed by atoms with van der Waals surface area (Å²) < 4.78 is 11.0. The third-order valence-corrected chi connectivity index (χ3v) is 3.91. The number of ether oxygens (including phenoxy) is 2. The first kappa shape index (κ1) is 18.4. The number of carbonyl (C=O) groups is 1. The molecular formula is C16H18ClN3O3S. The molecule has 128 valence electrons. The Morgan fingerprint density at radius 2 is 1.88 bits per heavy atom. The lowest BCUT2D eigenvalue weighted by Crippen LogP contribution is -2.14. The van der Waals surface area contributed by atoms with Crippen molar-refractivity contribution < 1.29 is 14.3 Å². The Bertz CT molecular complexity index is 683. The normalized spacial score (nSPS) is 10.3. The van der Waals surface area contributed by atoms with E-state index in [2.05, 4.69) is 15.5 Å². The SMILES string of the molecule is CCOc1ccc(NC(=O)CSc2ccc(Cl)nn2)cc1OCC. The van der Waals surface area contributed by atoms with E-state index in [1.807, 2.05) is 13.8 Å². The molecule has 1 aromatic carbocycles. The topological polar surface area (TPSA) is 73.3 Å². The van der Waals surface area contributed by atoms with Crippen molar-refractivity contribution in [2.75, 3.05) is 24.3 Å². The van der Waals surface area contributed by atoms with Gasteiger partial charge in [0.25, 0.3) is 0 Å².